The first kappa shape index (κ1) is 8.34. The molecular formula is C13H16O. The zero-order valence-corrected chi connectivity index (χ0v) is 8.79. The number of fused-ring (bicyclic) bond motifs is 3. The first-order valence-electron chi connectivity index (χ1n) is 5.46. The molecule has 0 bridgehead atoms. The molecule has 1 aliphatic carbocycles. The van der Waals surface area contributed by atoms with Gasteiger partial charge in [0.05, 0.1) is 6.61 Å². The molecule has 0 radical (unpaired) electrons. The molecular weight excluding hydrogens is 172 g/mol. The van der Waals surface area contributed by atoms with E-state index in [0.717, 1.165) is 24.2 Å². The summed E-state index contributed by atoms with van der Waals surface area (Å²) in [6, 6.07) is 8.50. The average Bonchev–Trinajstić information content (AvgIpc) is 2.94. The Balaban J connectivity index is 2.01. The smallest absolute Gasteiger partial charge is 0.122 e. The lowest BCUT2D eigenvalue weighted by Gasteiger charge is -2.27. The molecule has 0 saturated heterocycles. The average molecular weight is 188 g/mol. The molecule has 1 heteroatoms. The van der Waals surface area contributed by atoms with Gasteiger partial charge in [0.2, 0.25) is 0 Å². The fourth-order valence-electron chi connectivity index (χ4n) is 2.82. The van der Waals surface area contributed by atoms with Gasteiger partial charge in [-0.05, 0) is 29.9 Å². The number of hydrogen-bond donors (Lipinski definition) is 0. The molecule has 1 aliphatic heterocycles. The van der Waals surface area contributed by atoms with Gasteiger partial charge in [-0.25, -0.2) is 0 Å². The summed E-state index contributed by atoms with van der Waals surface area (Å²) in [5.74, 6) is 2.62. The second-order valence-electron chi connectivity index (χ2n) is 4.97. The lowest BCUT2D eigenvalue weighted by atomic mass is 9.87. The Morgan fingerprint density at radius 2 is 2.14 bits per heavy atom. The van der Waals surface area contributed by atoms with Gasteiger partial charge in [-0.2, -0.15) is 0 Å². The predicted octanol–water partition coefficient (Wildman–Crippen LogP) is 3.21. The van der Waals surface area contributed by atoms with Crippen LogP contribution in [-0.4, -0.2) is 6.61 Å². The molecule has 0 amide bonds. The third-order valence-electron chi connectivity index (χ3n) is 4.06. The fraction of sp³-hybridized carbons (Fsp3) is 0.538. The van der Waals surface area contributed by atoms with E-state index in [1.807, 2.05) is 0 Å². The van der Waals surface area contributed by atoms with E-state index in [0.29, 0.717) is 5.41 Å². The molecule has 14 heavy (non-hydrogen) atoms. The standard InChI is InChI=1S/C13H16O/c1-9(2)13-7-11(13)10-5-3-4-6-12(10)14-8-13/h3-6,9,11H,7-8H2,1-2H3. The Morgan fingerprint density at radius 1 is 1.36 bits per heavy atom. The number of para-hydroxylation sites is 1. The second kappa shape index (κ2) is 2.53. The van der Waals surface area contributed by atoms with E-state index in [4.69, 9.17) is 4.74 Å². The van der Waals surface area contributed by atoms with Crippen LogP contribution in [0.3, 0.4) is 0 Å². The molecule has 0 spiro atoms. The van der Waals surface area contributed by atoms with Gasteiger partial charge >= 0.3 is 0 Å². The highest BCUT2D eigenvalue weighted by Crippen LogP contribution is 2.67. The molecule has 1 aromatic rings. The molecule has 1 saturated carbocycles. The Hall–Kier alpha value is -0.980. The van der Waals surface area contributed by atoms with Gasteiger partial charge in [0.1, 0.15) is 5.75 Å². The van der Waals surface area contributed by atoms with Crippen molar-refractivity contribution in [1.29, 1.82) is 0 Å². The van der Waals surface area contributed by atoms with Crippen LogP contribution in [0.25, 0.3) is 0 Å². The van der Waals surface area contributed by atoms with Crippen LogP contribution in [-0.2, 0) is 0 Å². The fourth-order valence-corrected chi connectivity index (χ4v) is 2.82. The molecule has 0 N–H and O–H groups in total. The summed E-state index contributed by atoms with van der Waals surface area (Å²) in [5, 5.41) is 0. The van der Waals surface area contributed by atoms with Gasteiger partial charge in [-0.3, -0.25) is 0 Å². The first-order valence-corrected chi connectivity index (χ1v) is 5.46. The molecule has 1 nitrogen and oxygen atoms in total. The molecule has 1 fully saturated rings. The highest BCUT2D eigenvalue weighted by atomic mass is 16.5. The Morgan fingerprint density at radius 3 is 2.93 bits per heavy atom. The van der Waals surface area contributed by atoms with Crippen LogP contribution in [0.5, 0.6) is 5.75 Å². The summed E-state index contributed by atoms with van der Waals surface area (Å²) in [4.78, 5) is 0. The van der Waals surface area contributed by atoms with Crippen molar-refractivity contribution in [3.05, 3.63) is 29.8 Å². The summed E-state index contributed by atoms with van der Waals surface area (Å²) in [6.07, 6.45) is 1.32. The van der Waals surface area contributed by atoms with Crippen LogP contribution in [0.15, 0.2) is 24.3 Å². The number of hydrogen-bond acceptors (Lipinski definition) is 1. The minimum Gasteiger partial charge on any atom is -0.493 e. The first-order chi connectivity index (χ1) is 6.74. The van der Waals surface area contributed by atoms with E-state index in [9.17, 15) is 0 Å². The Labute approximate surface area is 85.1 Å². The maximum atomic E-state index is 5.84. The third kappa shape index (κ3) is 0.902. The SMILES string of the molecule is CC(C)C12COc3ccccc3C1C2. The summed E-state index contributed by atoms with van der Waals surface area (Å²) >= 11 is 0. The van der Waals surface area contributed by atoms with E-state index in [1.54, 1.807) is 0 Å². The lowest BCUT2D eigenvalue weighted by Crippen LogP contribution is -2.24. The van der Waals surface area contributed by atoms with E-state index in [1.165, 1.54) is 12.0 Å². The van der Waals surface area contributed by atoms with E-state index in [-0.39, 0.29) is 0 Å². The summed E-state index contributed by atoms with van der Waals surface area (Å²) in [6.45, 7) is 5.56. The third-order valence-corrected chi connectivity index (χ3v) is 4.06. The molecule has 2 unspecified atom stereocenters. The van der Waals surface area contributed by atoms with E-state index < -0.39 is 0 Å². The van der Waals surface area contributed by atoms with Crippen LogP contribution >= 0.6 is 0 Å². The molecule has 1 heterocycles. The summed E-state index contributed by atoms with van der Waals surface area (Å²) in [7, 11) is 0. The number of rotatable bonds is 1. The van der Waals surface area contributed by atoms with Crippen LogP contribution in [0.2, 0.25) is 0 Å². The maximum absolute atomic E-state index is 5.84. The minimum absolute atomic E-state index is 0.467. The van der Waals surface area contributed by atoms with Crippen molar-refractivity contribution < 1.29 is 4.74 Å². The highest BCUT2D eigenvalue weighted by Gasteiger charge is 2.59. The normalized spacial score (nSPS) is 33.2. The Bertz CT molecular complexity index is 369. The van der Waals surface area contributed by atoms with Gasteiger partial charge in [0.25, 0.3) is 0 Å². The monoisotopic (exact) mass is 188 g/mol. The van der Waals surface area contributed by atoms with Crippen molar-refractivity contribution in [3.8, 4) is 5.75 Å². The summed E-state index contributed by atoms with van der Waals surface area (Å²) < 4.78 is 5.84. The minimum atomic E-state index is 0.467. The second-order valence-corrected chi connectivity index (χ2v) is 4.97. The van der Waals surface area contributed by atoms with Crippen LogP contribution in [0.4, 0.5) is 0 Å². The molecule has 0 aromatic heterocycles. The number of benzene rings is 1. The van der Waals surface area contributed by atoms with Gasteiger partial charge in [0, 0.05) is 5.41 Å². The van der Waals surface area contributed by atoms with E-state index >= 15 is 0 Å². The van der Waals surface area contributed by atoms with E-state index in [2.05, 4.69) is 38.1 Å². The van der Waals surface area contributed by atoms with Crippen molar-refractivity contribution in [3.63, 3.8) is 0 Å². The van der Waals surface area contributed by atoms with Gasteiger partial charge in [-0.1, -0.05) is 32.0 Å². The van der Waals surface area contributed by atoms with Crippen molar-refractivity contribution in [1.82, 2.24) is 0 Å². The van der Waals surface area contributed by atoms with Crippen LogP contribution in [0, 0.1) is 11.3 Å². The van der Waals surface area contributed by atoms with Crippen molar-refractivity contribution >= 4 is 0 Å². The zero-order valence-electron chi connectivity index (χ0n) is 8.79. The molecule has 3 rings (SSSR count). The Kier molecular flexibility index (Phi) is 1.51. The van der Waals surface area contributed by atoms with Crippen molar-refractivity contribution in [2.75, 3.05) is 6.61 Å². The van der Waals surface area contributed by atoms with Crippen LogP contribution in [0.1, 0.15) is 31.7 Å². The maximum Gasteiger partial charge on any atom is 0.122 e. The van der Waals surface area contributed by atoms with Gasteiger partial charge in [-0.15, -0.1) is 0 Å². The van der Waals surface area contributed by atoms with Crippen LogP contribution < -0.4 is 4.74 Å². The lowest BCUT2D eigenvalue weighted by molar-refractivity contribution is 0.168. The topological polar surface area (TPSA) is 9.23 Å². The highest BCUT2D eigenvalue weighted by molar-refractivity contribution is 5.44. The quantitative estimate of drug-likeness (QED) is 0.657. The van der Waals surface area contributed by atoms with Gasteiger partial charge < -0.3 is 4.74 Å². The zero-order chi connectivity index (χ0) is 9.76. The predicted molar refractivity (Wildman–Crippen MR) is 56.6 cm³/mol. The molecule has 74 valence electrons. The number of ether oxygens (including phenoxy) is 1. The van der Waals surface area contributed by atoms with Crippen molar-refractivity contribution in [2.24, 2.45) is 11.3 Å². The molecule has 2 aliphatic rings. The summed E-state index contributed by atoms with van der Waals surface area (Å²) in [5.41, 5.74) is 1.90. The largest absolute Gasteiger partial charge is 0.493 e. The van der Waals surface area contributed by atoms with Crippen molar-refractivity contribution in [2.45, 2.75) is 26.2 Å². The van der Waals surface area contributed by atoms with Gasteiger partial charge in [0.15, 0.2) is 0 Å². The molecule has 2 atom stereocenters. The molecule has 1 aromatic carbocycles.